The van der Waals surface area contributed by atoms with E-state index in [1.807, 2.05) is 36.4 Å². The number of nitriles is 1. The summed E-state index contributed by atoms with van der Waals surface area (Å²) in [4.78, 5) is 12.5. The summed E-state index contributed by atoms with van der Waals surface area (Å²) < 4.78 is 10.5. The number of nitrogens with zero attached hydrogens (tertiary/aromatic N) is 2. The third-order valence-electron chi connectivity index (χ3n) is 4.61. The fourth-order valence-corrected chi connectivity index (χ4v) is 3.13. The zero-order chi connectivity index (χ0) is 22.2. The fraction of sp³-hybridized carbons (Fsp3) is 0.174. The largest absolute Gasteiger partial charge is 0.493 e. The molecule has 0 saturated heterocycles. The van der Waals surface area contributed by atoms with Gasteiger partial charge in [0.05, 0.1) is 26.1 Å². The smallest absolute Gasteiger partial charge is 0.261 e. The quantitative estimate of drug-likeness (QED) is 0.410. The van der Waals surface area contributed by atoms with Crippen LogP contribution in [0.3, 0.4) is 0 Å². The van der Waals surface area contributed by atoms with E-state index in [9.17, 15) is 10.1 Å². The molecule has 0 aliphatic carbocycles. The van der Waals surface area contributed by atoms with Crippen LogP contribution in [0.5, 0.6) is 11.5 Å². The Balaban J connectivity index is 1.68. The lowest BCUT2D eigenvalue weighted by Crippen LogP contribution is -2.26. The molecule has 0 spiro atoms. The molecule has 0 bridgehead atoms. The highest BCUT2D eigenvalue weighted by Crippen LogP contribution is 2.27. The van der Waals surface area contributed by atoms with Crippen LogP contribution in [0.15, 0.2) is 54.2 Å². The number of hydrogen-bond donors (Lipinski definition) is 2. The van der Waals surface area contributed by atoms with Crippen molar-refractivity contribution in [1.82, 2.24) is 15.5 Å². The molecule has 1 heterocycles. The zero-order valence-corrected chi connectivity index (χ0v) is 17.9. The van der Waals surface area contributed by atoms with Crippen molar-refractivity contribution in [2.24, 2.45) is 0 Å². The average Bonchev–Trinajstić information content (AvgIpc) is 3.25. The summed E-state index contributed by atoms with van der Waals surface area (Å²) >= 11 is 5.94. The second-order valence-electron chi connectivity index (χ2n) is 6.57. The summed E-state index contributed by atoms with van der Waals surface area (Å²) in [6.45, 7) is 0.364. The second kappa shape index (κ2) is 10.3. The Bertz CT molecular complexity index is 1130. The van der Waals surface area contributed by atoms with Crippen LogP contribution in [0.1, 0.15) is 11.1 Å². The van der Waals surface area contributed by atoms with E-state index in [0.29, 0.717) is 40.7 Å². The topological polar surface area (TPSA) is 100 Å². The summed E-state index contributed by atoms with van der Waals surface area (Å²) in [6, 6.07) is 14.7. The predicted octanol–water partition coefficient (Wildman–Crippen LogP) is 4.01. The number of hydrogen-bond acceptors (Lipinski definition) is 5. The van der Waals surface area contributed by atoms with Crippen molar-refractivity contribution in [1.29, 1.82) is 5.26 Å². The Hall–Kier alpha value is -3.76. The van der Waals surface area contributed by atoms with Gasteiger partial charge in [-0.3, -0.25) is 9.89 Å². The van der Waals surface area contributed by atoms with E-state index in [4.69, 9.17) is 21.1 Å². The third-order valence-corrected chi connectivity index (χ3v) is 4.87. The number of benzene rings is 2. The summed E-state index contributed by atoms with van der Waals surface area (Å²) in [6.07, 6.45) is 3.66. The first-order chi connectivity index (χ1) is 15.0. The van der Waals surface area contributed by atoms with Gasteiger partial charge in [-0.15, -0.1) is 0 Å². The number of nitrogens with one attached hydrogen (secondary N) is 2. The second-order valence-corrected chi connectivity index (χ2v) is 7.01. The van der Waals surface area contributed by atoms with Crippen LogP contribution in [-0.2, 0) is 11.2 Å². The highest BCUT2D eigenvalue weighted by molar-refractivity contribution is 6.30. The molecule has 0 atom stereocenters. The van der Waals surface area contributed by atoms with E-state index < -0.39 is 5.91 Å². The van der Waals surface area contributed by atoms with E-state index in [1.165, 1.54) is 6.08 Å². The predicted molar refractivity (Wildman–Crippen MR) is 119 cm³/mol. The van der Waals surface area contributed by atoms with Crippen molar-refractivity contribution >= 4 is 23.6 Å². The number of amides is 1. The van der Waals surface area contributed by atoms with Crippen molar-refractivity contribution in [3.63, 3.8) is 0 Å². The molecular formula is C23H21ClN4O3. The third kappa shape index (κ3) is 5.44. The lowest BCUT2D eigenvalue weighted by atomic mass is 10.1. The zero-order valence-electron chi connectivity index (χ0n) is 17.1. The Morgan fingerprint density at radius 1 is 1.19 bits per heavy atom. The van der Waals surface area contributed by atoms with Crippen molar-refractivity contribution < 1.29 is 14.3 Å². The number of carbonyl (C=O) groups excluding carboxylic acids is 1. The summed E-state index contributed by atoms with van der Waals surface area (Å²) in [7, 11) is 3.15. The summed E-state index contributed by atoms with van der Waals surface area (Å²) in [5, 5.41) is 19.8. The Morgan fingerprint density at radius 2 is 1.94 bits per heavy atom. The number of aromatic amines is 1. The molecule has 0 unspecified atom stereocenters. The maximum absolute atomic E-state index is 12.5. The fourth-order valence-electron chi connectivity index (χ4n) is 3.01. The molecule has 7 nitrogen and oxygen atoms in total. The van der Waals surface area contributed by atoms with Gasteiger partial charge in [-0.1, -0.05) is 29.8 Å². The van der Waals surface area contributed by atoms with Gasteiger partial charge in [-0.2, -0.15) is 10.4 Å². The highest BCUT2D eigenvalue weighted by Gasteiger charge is 2.13. The molecule has 1 aromatic heterocycles. The van der Waals surface area contributed by atoms with E-state index in [0.717, 1.165) is 11.1 Å². The molecule has 31 heavy (non-hydrogen) atoms. The minimum atomic E-state index is -0.453. The van der Waals surface area contributed by atoms with Crippen molar-refractivity contribution in [2.45, 2.75) is 6.42 Å². The monoisotopic (exact) mass is 436 g/mol. The van der Waals surface area contributed by atoms with Crippen molar-refractivity contribution in [3.8, 4) is 28.8 Å². The number of halogens is 1. The summed E-state index contributed by atoms with van der Waals surface area (Å²) in [5.74, 6) is 0.812. The molecule has 0 saturated carbocycles. The molecule has 1 amide bonds. The SMILES string of the molecule is COc1ccc(CCNC(=O)C(C#N)=Cc2cn[nH]c2-c2ccc(Cl)cc2)cc1OC. The van der Waals surface area contributed by atoms with Gasteiger partial charge in [0, 0.05) is 22.7 Å². The van der Waals surface area contributed by atoms with Gasteiger partial charge < -0.3 is 14.8 Å². The van der Waals surface area contributed by atoms with Gasteiger partial charge in [-0.25, -0.2) is 0 Å². The van der Waals surface area contributed by atoms with Crippen LogP contribution in [0.25, 0.3) is 17.3 Å². The molecule has 0 radical (unpaired) electrons. The van der Waals surface area contributed by atoms with Gasteiger partial charge in [0.2, 0.25) is 0 Å². The van der Waals surface area contributed by atoms with Crippen molar-refractivity contribution in [2.75, 3.05) is 20.8 Å². The summed E-state index contributed by atoms with van der Waals surface area (Å²) in [5.41, 5.74) is 3.14. The molecule has 158 valence electrons. The van der Waals surface area contributed by atoms with Crippen LogP contribution < -0.4 is 14.8 Å². The lowest BCUT2D eigenvalue weighted by molar-refractivity contribution is -0.117. The first-order valence-corrected chi connectivity index (χ1v) is 9.83. The molecule has 3 aromatic rings. The highest BCUT2D eigenvalue weighted by atomic mass is 35.5. The van der Waals surface area contributed by atoms with Crippen molar-refractivity contribution in [3.05, 3.63) is 70.4 Å². The number of methoxy groups -OCH3 is 2. The number of rotatable bonds is 8. The molecule has 2 N–H and O–H groups in total. The molecule has 0 aliphatic heterocycles. The van der Waals surface area contributed by atoms with Crippen LogP contribution in [0.4, 0.5) is 0 Å². The van der Waals surface area contributed by atoms with Gasteiger partial charge in [-0.05, 0) is 42.3 Å². The maximum Gasteiger partial charge on any atom is 0.261 e. The van der Waals surface area contributed by atoms with Crippen LogP contribution >= 0.6 is 11.6 Å². The number of H-pyrrole nitrogens is 1. The Kier molecular flexibility index (Phi) is 7.31. The van der Waals surface area contributed by atoms with E-state index in [2.05, 4.69) is 15.5 Å². The first kappa shape index (κ1) is 21.9. The molecule has 2 aromatic carbocycles. The number of carbonyl (C=O) groups is 1. The number of aromatic nitrogens is 2. The molecule has 8 heteroatoms. The van der Waals surface area contributed by atoms with E-state index in [-0.39, 0.29) is 5.57 Å². The average molecular weight is 437 g/mol. The van der Waals surface area contributed by atoms with Crippen LogP contribution in [0.2, 0.25) is 5.02 Å². The van der Waals surface area contributed by atoms with Gasteiger partial charge in [0.15, 0.2) is 11.5 Å². The van der Waals surface area contributed by atoms with E-state index in [1.54, 1.807) is 32.5 Å². The molecule has 0 aliphatic rings. The Morgan fingerprint density at radius 3 is 2.61 bits per heavy atom. The minimum absolute atomic E-state index is 0.0103. The standard InChI is InChI=1S/C23H21ClN4O3/c1-30-20-8-3-15(11-21(20)31-2)9-10-26-23(29)17(13-25)12-18-14-27-28-22(18)16-4-6-19(24)7-5-16/h3-8,11-12,14H,9-10H2,1-2H3,(H,26,29)(H,27,28). The van der Waals surface area contributed by atoms with Crippen LogP contribution in [-0.4, -0.2) is 36.9 Å². The van der Waals surface area contributed by atoms with E-state index >= 15 is 0 Å². The first-order valence-electron chi connectivity index (χ1n) is 9.46. The van der Waals surface area contributed by atoms with Gasteiger partial charge in [0.1, 0.15) is 11.6 Å². The molecule has 0 fully saturated rings. The van der Waals surface area contributed by atoms with Gasteiger partial charge >= 0.3 is 0 Å². The minimum Gasteiger partial charge on any atom is -0.493 e. The molecular weight excluding hydrogens is 416 g/mol. The maximum atomic E-state index is 12.5. The Labute approximate surface area is 185 Å². The lowest BCUT2D eigenvalue weighted by Gasteiger charge is -2.10. The molecule has 3 rings (SSSR count). The normalized spacial score (nSPS) is 11.0. The number of ether oxygens (including phenoxy) is 2. The van der Waals surface area contributed by atoms with Crippen LogP contribution in [0, 0.1) is 11.3 Å². The van der Waals surface area contributed by atoms with Gasteiger partial charge in [0.25, 0.3) is 5.91 Å².